The van der Waals surface area contributed by atoms with Crippen LogP contribution >= 0.6 is 11.6 Å². The lowest BCUT2D eigenvalue weighted by molar-refractivity contribution is -0.119. The van der Waals surface area contributed by atoms with Crippen LogP contribution in [0.25, 0.3) is 11.4 Å². The van der Waals surface area contributed by atoms with Crippen molar-refractivity contribution in [1.82, 2.24) is 19.7 Å². The van der Waals surface area contributed by atoms with E-state index >= 15 is 0 Å². The number of nitrogens with zero attached hydrogens (tertiary/aromatic N) is 4. The van der Waals surface area contributed by atoms with Gasteiger partial charge in [-0.05, 0) is 29.8 Å². The molecule has 0 aliphatic carbocycles. The van der Waals surface area contributed by atoms with Crippen LogP contribution in [0.15, 0.2) is 91.4 Å². The number of hydrogen-bond acceptors (Lipinski definition) is 5. The summed E-state index contributed by atoms with van der Waals surface area (Å²) in [4.78, 5) is 22.1. The van der Waals surface area contributed by atoms with Crippen LogP contribution in [0.3, 0.4) is 0 Å². The molecule has 1 aliphatic rings. The Morgan fingerprint density at radius 1 is 1.06 bits per heavy atom. The number of amides is 1. The van der Waals surface area contributed by atoms with Crippen molar-refractivity contribution in [2.45, 2.75) is 6.04 Å². The molecular formula is C24H19ClN6O. The van der Waals surface area contributed by atoms with Crippen LogP contribution in [0.1, 0.15) is 11.6 Å². The molecule has 0 radical (unpaired) electrons. The summed E-state index contributed by atoms with van der Waals surface area (Å²) >= 11 is 6.12. The Hall–Kier alpha value is -3.97. The summed E-state index contributed by atoms with van der Waals surface area (Å²) < 4.78 is 1.74. The molecule has 3 heterocycles. The minimum Gasteiger partial charge on any atom is -0.328 e. The van der Waals surface area contributed by atoms with E-state index in [0.29, 0.717) is 28.2 Å². The third-order valence-corrected chi connectivity index (χ3v) is 5.57. The monoisotopic (exact) mass is 442 g/mol. The quantitative estimate of drug-likeness (QED) is 0.475. The van der Waals surface area contributed by atoms with E-state index in [-0.39, 0.29) is 5.91 Å². The molecule has 158 valence electrons. The molecule has 8 heteroatoms. The molecular weight excluding hydrogens is 424 g/mol. The van der Waals surface area contributed by atoms with Crippen molar-refractivity contribution in [2.24, 2.45) is 5.92 Å². The molecule has 5 rings (SSSR count). The summed E-state index contributed by atoms with van der Waals surface area (Å²) in [7, 11) is 0. The van der Waals surface area contributed by atoms with E-state index in [4.69, 9.17) is 16.7 Å². The predicted molar refractivity (Wildman–Crippen MR) is 124 cm³/mol. The Balaban J connectivity index is 1.59. The predicted octanol–water partition coefficient (Wildman–Crippen LogP) is 4.78. The molecule has 1 aliphatic heterocycles. The average molecular weight is 443 g/mol. The number of carbonyl (C=O) groups excluding carboxylic acids is 1. The summed E-state index contributed by atoms with van der Waals surface area (Å²) in [6.07, 6.45) is 3.25. The smallest absolute Gasteiger partial charge is 0.236 e. The summed E-state index contributed by atoms with van der Waals surface area (Å²) in [5, 5.41) is 11.5. The van der Waals surface area contributed by atoms with E-state index < -0.39 is 12.0 Å². The first-order valence-electron chi connectivity index (χ1n) is 10.0. The second-order valence-corrected chi connectivity index (χ2v) is 7.86. The van der Waals surface area contributed by atoms with Crippen LogP contribution in [0.2, 0.25) is 5.02 Å². The minimum atomic E-state index is -0.644. The van der Waals surface area contributed by atoms with E-state index in [0.717, 1.165) is 11.1 Å². The van der Waals surface area contributed by atoms with Crippen molar-refractivity contribution in [3.05, 3.63) is 102 Å². The highest BCUT2D eigenvalue weighted by Crippen LogP contribution is 2.39. The third-order valence-electron chi connectivity index (χ3n) is 5.31. The van der Waals surface area contributed by atoms with Gasteiger partial charge in [0.15, 0.2) is 5.82 Å². The molecule has 4 aromatic rings. The maximum absolute atomic E-state index is 13.4. The number of pyridine rings is 1. The number of benzene rings is 2. The molecule has 2 N–H and O–H groups in total. The van der Waals surface area contributed by atoms with E-state index in [1.54, 1.807) is 41.3 Å². The first-order valence-corrected chi connectivity index (χ1v) is 10.4. The molecule has 0 spiro atoms. The molecule has 0 saturated carbocycles. The topological polar surface area (TPSA) is 84.7 Å². The highest BCUT2D eigenvalue weighted by atomic mass is 35.5. The molecule has 32 heavy (non-hydrogen) atoms. The highest BCUT2D eigenvalue weighted by Gasteiger charge is 2.40. The third kappa shape index (κ3) is 3.74. The summed E-state index contributed by atoms with van der Waals surface area (Å²) in [6.45, 7) is 4.14. The number of nitrogens with one attached hydrogen (secondary N) is 2. The summed E-state index contributed by atoms with van der Waals surface area (Å²) in [5.41, 5.74) is 2.89. The number of aromatic nitrogens is 4. The Labute approximate surface area is 189 Å². The van der Waals surface area contributed by atoms with Crippen LogP contribution in [0, 0.1) is 5.92 Å². The van der Waals surface area contributed by atoms with Gasteiger partial charge in [-0.2, -0.15) is 4.98 Å². The SMILES string of the molecule is C=C1Nc2nc(-c3ccccc3)nn2C(c2ccc(Cl)cc2)C1C(=O)Nc1cccnc1. The van der Waals surface area contributed by atoms with Crippen LogP contribution in [-0.4, -0.2) is 25.7 Å². The van der Waals surface area contributed by atoms with Gasteiger partial charge in [-0.1, -0.05) is 60.6 Å². The average Bonchev–Trinajstić information content (AvgIpc) is 3.23. The molecule has 0 saturated heterocycles. The molecule has 2 aromatic heterocycles. The van der Waals surface area contributed by atoms with Gasteiger partial charge in [-0.15, -0.1) is 5.10 Å². The number of anilines is 2. The fourth-order valence-corrected chi connectivity index (χ4v) is 3.94. The van der Waals surface area contributed by atoms with Gasteiger partial charge in [0.05, 0.1) is 17.9 Å². The second kappa shape index (κ2) is 8.28. The van der Waals surface area contributed by atoms with Crippen molar-refractivity contribution < 1.29 is 4.79 Å². The van der Waals surface area contributed by atoms with Crippen LogP contribution < -0.4 is 10.6 Å². The number of hydrogen-bond donors (Lipinski definition) is 2. The van der Waals surface area contributed by atoms with Gasteiger partial charge >= 0.3 is 0 Å². The highest BCUT2D eigenvalue weighted by molar-refractivity contribution is 6.30. The summed E-state index contributed by atoms with van der Waals surface area (Å²) in [6, 6.07) is 20.2. The van der Waals surface area contributed by atoms with Crippen molar-refractivity contribution in [2.75, 3.05) is 10.6 Å². The van der Waals surface area contributed by atoms with Crippen molar-refractivity contribution in [3.63, 3.8) is 0 Å². The summed E-state index contributed by atoms with van der Waals surface area (Å²) in [5.74, 6) is 0.222. The lowest BCUT2D eigenvalue weighted by atomic mass is 9.88. The zero-order chi connectivity index (χ0) is 22.1. The number of rotatable bonds is 4. The Morgan fingerprint density at radius 3 is 2.56 bits per heavy atom. The van der Waals surface area contributed by atoms with E-state index in [2.05, 4.69) is 27.2 Å². The molecule has 2 unspecified atom stereocenters. The number of fused-ring (bicyclic) bond motifs is 1. The van der Waals surface area contributed by atoms with Crippen molar-refractivity contribution >= 4 is 29.1 Å². The van der Waals surface area contributed by atoms with Crippen molar-refractivity contribution in [3.8, 4) is 11.4 Å². The van der Waals surface area contributed by atoms with Crippen LogP contribution in [0.5, 0.6) is 0 Å². The van der Waals surface area contributed by atoms with Crippen LogP contribution in [0.4, 0.5) is 11.6 Å². The first kappa shape index (κ1) is 20.0. The largest absolute Gasteiger partial charge is 0.328 e. The fourth-order valence-electron chi connectivity index (χ4n) is 3.82. The van der Waals surface area contributed by atoms with Crippen LogP contribution in [-0.2, 0) is 4.79 Å². The second-order valence-electron chi connectivity index (χ2n) is 7.42. The maximum atomic E-state index is 13.4. The lowest BCUT2D eigenvalue weighted by Crippen LogP contribution is -2.39. The zero-order valence-electron chi connectivity index (χ0n) is 16.9. The van der Waals surface area contributed by atoms with E-state index in [1.807, 2.05) is 42.5 Å². The molecule has 2 aromatic carbocycles. The number of halogens is 1. The normalized spacial score (nSPS) is 17.3. The fraction of sp³-hybridized carbons (Fsp3) is 0.0833. The molecule has 0 fully saturated rings. The van der Waals surface area contributed by atoms with Gasteiger partial charge < -0.3 is 10.6 Å². The minimum absolute atomic E-state index is 0.224. The van der Waals surface area contributed by atoms with E-state index in [9.17, 15) is 4.79 Å². The maximum Gasteiger partial charge on any atom is 0.236 e. The molecule has 0 bridgehead atoms. The Bertz CT molecular complexity index is 1270. The zero-order valence-corrected chi connectivity index (χ0v) is 17.7. The molecule has 2 atom stereocenters. The molecule has 7 nitrogen and oxygen atoms in total. The molecule has 1 amide bonds. The Morgan fingerprint density at radius 2 is 1.84 bits per heavy atom. The standard InChI is InChI=1S/C24H19ClN6O/c1-15-20(23(32)28-19-8-5-13-26-14-19)21(16-9-11-18(25)12-10-16)31-24(27-15)29-22(30-31)17-6-3-2-4-7-17/h2-14,20-21H,1H2,(H,28,32)(H,27,29,30). The first-order chi connectivity index (χ1) is 15.6. The van der Waals surface area contributed by atoms with Crippen molar-refractivity contribution in [1.29, 1.82) is 0 Å². The van der Waals surface area contributed by atoms with Gasteiger partial charge in [0, 0.05) is 22.5 Å². The van der Waals surface area contributed by atoms with Gasteiger partial charge in [0.1, 0.15) is 5.92 Å². The van der Waals surface area contributed by atoms with Gasteiger partial charge in [-0.3, -0.25) is 9.78 Å². The van der Waals surface area contributed by atoms with Gasteiger partial charge in [-0.25, -0.2) is 4.68 Å². The van der Waals surface area contributed by atoms with E-state index in [1.165, 1.54) is 0 Å². The number of carbonyl (C=O) groups is 1. The van der Waals surface area contributed by atoms with Gasteiger partial charge in [0.2, 0.25) is 11.9 Å². The Kier molecular flexibility index (Phi) is 5.17. The van der Waals surface area contributed by atoms with Gasteiger partial charge in [0.25, 0.3) is 0 Å². The lowest BCUT2D eigenvalue weighted by Gasteiger charge is -2.33.